The summed E-state index contributed by atoms with van der Waals surface area (Å²) in [5, 5.41) is 3.15. The van der Waals surface area contributed by atoms with Crippen LogP contribution in [0.3, 0.4) is 0 Å². The molecule has 0 radical (unpaired) electrons. The van der Waals surface area contributed by atoms with Gasteiger partial charge in [0.2, 0.25) is 0 Å². The van der Waals surface area contributed by atoms with E-state index in [-0.39, 0.29) is 5.69 Å². The average molecular weight is 356 g/mol. The zero-order valence-corrected chi connectivity index (χ0v) is 15.0. The van der Waals surface area contributed by atoms with Crippen molar-refractivity contribution in [1.29, 1.82) is 0 Å². The topological polar surface area (TPSA) is 33.7 Å². The monoisotopic (exact) mass is 356 g/mol. The minimum absolute atomic E-state index is 0.217. The van der Waals surface area contributed by atoms with Crippen LogP contribution in [0.5, 0.6) is 0 Å². The van der Waals surface area contributed by atoms with Gasteiger partial charge in [-0.25, -0.2) is 0 Å². The first-order chi connectivity index (χ1) is 11.5. The van der Waals surface area contributed by atoms with Gasteiger partial charge in [-0.1, -0.05) is 6.07 Å². The van der Waals surface area contributed by atoms with E-state index in [0.717, 1.165) is 0 Å². The predicted molar refractivity (Wildman–Crippen MR) is 92.2 cm³/mol. The molecule has 0 bridgehead atoms. The van der Waals surface area contributed by atoms with E-state index in [0.29, 0.717) is 31.6 Å². The third kappa shape index (κ3) is 3.52. The van der Waals surface area contributed by atoms with E-state index < -0.39 is 30.1 Å². The number of benzene rings is 1. The number of halogens is 3. The quantitative estimate of drug-likeness (QED) is 0.826. The molecule has 0 saturated carbocycles. The zero-order valence-electron chi connectivity index (χ0n) is 15.0. The number of hydrogen-bond acceptors (Lipinski definition) is 4. The molecule has 0 atom stereocenters. The van der Waals surface area contributed by atoms with Crippen LogP contribution in [0.4, 0.5) is 18.9 Å². The molecule has 0 aromatic heterocycles. The summed E-state index contributed by atoms with van der Waals surface area (Å²) in [6, 6.07) is 4.38. The number of piperazine rings is 1. The highest BCUT2D eigenvalue weighted by atomic mass is 19.4. The van der Waals surface area contributed by atoms with E-state index in [1.165, 1.54) is 12.1 Å². The molecule has 2 aliphatic rings. The molecule has 0 amide bonds. The Labute approximate surface area is 146 Å². The number of anilines is 1. The SMILES string of the molecule is CC1(C)OB(c2ccc(N3CCNCC3)c(C(F)(F)F)c2)OC1(C)C. The van der Waals surface area contributed by atoms with Crippen LogP contribution < -0.4 is 15.7 Å². The highest BCUT2D eigenvalue weighted by Gasteiger charge is 2.52. The number of nitrogens with one attached hydrogen (secondary N) is 1. The molecule has 3 rings (SSSR count). The first-order valence-corrected chi connectivity index (χ1v) is 8.54. The van der Waals surface area contributed by atoms with Crippen LogP contribution in [-0.2, 0) is 15.5 Å². The van der Waals surface area contributed by atoms with Gasteiger partial charge < -0.3 is 19.5 Å². The molecule has 8 heteroatoms. The van der Waals surface area contributed by atoms with Crippen LogP contribution in [0.25, 0.3) is 0 Å². The first-order valence-electron chi connectivity index (χ1n) is 8.54. The van der Waals surface area contributed by atoms with Crippen LogP contribution in [0.1, 0.15) is 33.3 Å². The van der Waals surface area contributed by atoms with Gasteiger partial charge in [0, 0.05) is 31.9 Å². The summed E-state index contributed by atoms with van der Waals surface area (Å²) in [4.78, 5) is 1.77. The maximum absolute atomic E-state index is 13.7. The van der Waals surface area contributed by atoms with Crippen LogP contribution in [0.2, 0.25) is 0 Å². The summed E-state index contributed by atoms with van der Waals surface area (Å²) in [5.41, 5.74) is -1.21. The molecule has 1 aromatic carbocycles. The van der Waals surface area contributed by atoms with E-state index in [2.05, 4.69) is 5.32 Å². The Balaban J connectivity index is 1.95. The fourth-order valence-corrected chi connectivity index (χ4v) is 3.09. The molecule has 2 aliphatic heterocycles. The minimum Gasteiger partial charge on any atom is -0.399 e. The highest BCUT2D eigenvalue weighted by molar-refractivity contribution is 6.62. The van der Waals surface area contributed by atoms with Crippen LogP contribution >= 0.6 is 0 Å². The zero-order chi connectivity index (χ0) is 18.5. The predicted octanol–water partition coefficient (Wildman–Crippen LogP) is 2.41. The summed E-state index contributed by atoms with van der Waals surface area (Å²) in [7, 11) is -0.803. The summed E-state index contributed by atoms with van der Waals surface area (Å²) in [6.07, 6.45) is -4.43. The molecule has 2 saturated heterocycles. The smallest absolute Gasteiger partial charge is 0.399 e. The summed E-state index contributed by atoms with van der Waals surface area (Å²) >= 11 is 0. The number of hydrogen-bond donors (Lipinski definition) is 1. The number of nitrogens with zero attached hydrogens (tertiary/aromatic N) is 1. The molecule has 0 unspecified atom stereocenters. The summed E-state index contributed by atoms with van der Waals surface area (Å²) < 4.78 is 52.7. The Morgan fingerprint density at radius 3 is 2.12 bits per heavy atom. The van der Waals surface area contributed by atoms with Crippen molar-refractivity contribution in [2.24, 2.45) is 0 Å². The lowest BCUT2D eigenvalue weighted by molar-refractivity contribution is -0.137. The lowest BCUT2D eigenvalue weighted by Crippen LogP contribution is -2.44. The molecule has 138 valence electrons. The van der Waals surface area contributed by atoms with Gasteiger partial charge in [0.25, 0.3) is 0 Å². The normalized spacial score (nSPS) is 23.2. The van der Waals surface area contributed by atoms with Gasteiger partial charge in [-0.3, -0.25) is 0 Å². The minimum atomic E-state index is -4.43. The Bertz CT molecular complexity index is 627. The fourth-order valence-electron chi connectivity index (χ4n) is 3.09. The standard InChI is InChI=1S/C17H24BF3N2O2/c1-15(2)16(3,4)25-18(24-15)12-5-6-14(13(11-12)17(19,20)21)23-9-7-22-8-10-23/h5-6,11,22H,7-10H2,1-4H3. The summed E-state index contributed by atoms with van der Waals surface area (Å²) in [5.74, 6) is 0. The third-order valence-corrected chi connectivity index (χ3v) is 5.31. The molecule has 1 aromatic rings. The van der Waals surface area contributed by atoms with E-state index in [9.17, 15) is 13.2 Å². The van der Waals surface area contributed by atoms with E-state index in [1.807, 2.05) is 27.7 Å². The number of rotatable bonds is 2. The van der Waals surface area contributed by atoms with Gasteiger partial charge in [-0.2, -0.15) is 13.2 Å². The fraction of sp³-hybridized carbons (Fsp3) is 0.647. The second kappa shape index (κ2) is 6.18. The molecular weight excluding hydrogens is 332 g/mol. The van der Waals surface area contributed by atoms with Gasteiger partial charge >= 0.3 is 13.3 Å². The molecule has 0 spiro atoms. The van der Waals surface area contributed by atoms with Gasteiger partial charge in [-0.05, 0) is 45.3 Å². The van der Waals surface area contributed by atoms with E-state index in [1.54, 1.807) is 11.0 Å². The summed E-state index contributed by atoms with van der Waals surface area (Å²) in [6.45, 7) is 9.99. The molecule has 0 aliphatic carbocycles. The molecule has 2 fully saturated rings. The van der Waals surface area contributed by atoms with Crippen LogP contribution in [-0.4, -0.2) is 44.5 Å². The van der Waals surface area contributed by atoms with Crippen molar-refractivity contribution in [3.63, 3.8) is 0 Å². The Kier molecular flexibility index (Phi) is 4.58. The second-order valence-electron chi connectivity index (χ2n) is 7.60. The maximum atomic E-state index is 13.7. The Morgan fingerprint density at radius 1 is 1.04 bits per heavy atom. The lowest BCUT2D eigenvalue weighted by atomic mass is 9.78. The molecule has 4 nitrogen and oxygen atoms in total. The van der Waals surface area contributed by atoms with E-state index >= 15 is 0 Å². The van der Waals surface area contributed by atoms with Crippen molar-refractivity contribution < 1.29 is 22.5 Å². The van der Waals surface area contributed by atoms with Crippen molar-refractivity contribution in [1.82, 2.24) is 5.32 Å². The number of alkyl halides is 3. The van der Waals surface area contributed by atoms with Gasteiger partial charge in [0.05, 0.1) is 16.8 Å². The largest absolute Gasteiger partial charge is 0.494 e. The Morgan fingerprint density at radius 2 is 1.60 bits per heavy atom. The molecule has 25 heavy (non-hydrogen) atoms. The van der Waals surface area contributed by atoms with E-state index in [4.69, 9.17) is 9.31 Å². The second-order valence-corrected chi connectivity index (χ2v) is 7.60. The van der Waals surface area contributed by atoms with Gasteiger partial charge in [-0.15, -0.1) is 0 Å². The Hall–Kier alpha value is -1.25. The third-order valence-electron chi connectivity index (χ3n) is 5.31. The van der Waals surface area contributed by atoms with Crippen molar-refractivity contribution in [3.05, 3.63) is 23.8 Å². The van der Waals surface area contributed by atoms with Crippen molar-refractivity contribution >= 4 is 18.3 Å². The van der Waals surface area contributed by atoms with Crippen molar-refractivity contribution in [2.75, 3.05) is 31.1 Å². The van der Waals surface area contributed by atoms with Crippen LogP contribution in [0, 0.1) is 0 Å². The van der Waals surface area contributed by atoms with Crippen molar-refractivity contribution in [2.45, 2.75) is 45.1 Å². The van der Waals surface area contributed by atoms with Crippen LogP contribution in [0.15, 0.2) is 18.2 Å². The molecular formula is C17H24BF3N2O2. The van der Waals surface area contributed by atoms with Gasteiger partial charge in [0.15, 0.2) is 0 Å². The van der Waals surface area contributed by atoms with Crippen molar-refractivity contribution in [3.8, 4) is 0 Å². The lowest BCUT2D eigenvalue weighted by Gasteiger charge is -2.32. The van der Waals surface area contributed by atoms with Gasteiger partial charge in [0.1, 0.15) is 0 Å². The first kappa shape index (κ1) is 18.5. The highest BCUT2D eigenvalue weighted by Crippen LogP contribution is 2.39. The maximum Gasteiger partial charge on any atom is 0.494 e. The molecule has 1 N–H and O–H groups in total. The molecule has 2 heterocycles. The average Bonchev–Trinajstić information content (AvgIpc) is 2.75.